The number of halogens is 1. The average Bonchev–Trinajstić information content (AvgIpc) is 2.46. The van der Waals surface area contributed by atoms with Crippen LogP contribution in [0.2, 0.25) is 0 Å². The molecule has 3 nitrogen and oxygen atoms in total. The Bertz CT molecular complexity index is 621. The van der Waals surface area contributed by atoms with E-state index in [1.807, 2.05) is 42.5 Å². The van der Waals surface area contributed by atoms with Crippen LogP contribution < -0.4 is 4.74 Å². The molecule has 0 aliphatic heterocycles. The van der Waals surface area contributed by atoms with Gasteiger partial charge >= 0.3 is 5.97 Å². The van der Waals surface area contributed by atoms with E-state index in [1.165, 1.54) is 12.1 Å². The molecule has 0 aliphatic carbocycles. The lowest BCUT2D eigenvalue weighted by Gasteiger charge is -2.06. The predicted octanol–water partition coefficient (Wildman–Crippen LogP) is 4.24. The first-order valence-electron chi connectivity index (χ1n) is 6.04. The molecule has 0 saturated carbocycles. The SMILES string of the molecule is O=C(O)c1ccc(OC/C=C/c2ccccc2)c(Br)c1. The van der Waals surface area contributed by atoms with Crippen molar-refractivity contribution >= 4 is 28.0 Å². The van der Waals surface area contributed by atoms with Gasteiger partial charge < -0.3 is 9.84 Å². The van der Waals surface area contributed by atoms with Crippen molar-refractivity contribution in [2.24, 2.45) is 0 Å². The third-order valence-electron chi connectivity index (χ3n) is 2.62. The van der Waals surface area contributed by atoms with Gasteiger partial charge in [-0.2, -0.15) is 0 Å². The molecule has 0 saturated heterocycles. The van der Waals surface area contributed by atoms with Gasteiger partial charge in [0.25, 0.3) is 0 Å². The number of benzene rings is 2. The Kier molecular flexibility index (Phi) is 4.96. The highest BCUT2D eigenvalue weighted by Crippen LogP contribution is 2.26. The number of aromatic carboxylic acids is 1. The highest BCUT2D eigenvalue weighted by molar-refractivity contribution is 9.10. The number of ether oxygens (including phenoxy) is 1. The van der Waals surface area contributed by atoms with Crippen LogP contribution in [0.3, 0.4) is 0 Å². The van der Waals surface area contributed by atoms with E-state index in [0.717, 1.165) is 5.56 Å². The standard InChI is InChI=1S/C16H13BrO3/c17-14-11-13(16(18)19)8-9-15(14)20-10-4-7-12-5-2-1-3-6-12/h1-9,11H,10H2,(H,18,19)/b7-4+. The van der Waals surface area contributed by atoms with Crippen molar-refractivity contribution in [3.63, 3.8) is 0 Å². The van der Waals surface area contributed by atoms with Gasteiger partial charge in [0, 0.05) is 0 Å². The average molecular weight is 333 g/mol. The molecule has 0 aliphatic rings. The van der Waals surface area contributed by atoms with Gasteiger partial charge in [-0.3, -0.25) is 0 Å². The summed E-state index contributed by atoms with van der Waals surface area (Å²) in [5, 5.41) is 8.87. The zero-order chi connectivity index (χ0) is 14.4. The highest BCUT2D eigenvalue weighted by atomic mass is 79.9. The molecule has 4 heteroatoms. The molecule has 0 fully saturated rings. The number of carboxylic acids is 1. The minimum absolute atomic E-state index is 0.226. The minimum Gasteiger partial charge on any atom is -0.488 e. The third kappa shape index (κ3) is 3.96. The predicted molar refractivity (Wildman–Crippen MR) is 82.1 cm³/mol. The summed E-state index contributed by atoms with van der Waals surface area (Å²) in [6.45, 7) is 0.417. The van der Waals surface area contributed by atoms with Crippen LogP contribution in [0, 0.1) is 0 Å². The van der Waals surface area contributed by atoms with Crippen LogP contribution in [-0.2, 0) is 0 Å². The fourth-order valence-electron chi connectivity index (χ4n) is 1.64. The fraction of sp³-hybridized carbons (Fsp3) is 0.0625. The summed E-state index contributed by atoms with van der Waals surface area (Å²) < 4.78 is 6.20. The first kappa shape index (κ1) is 14.3. The summed E-state index contributed by atoms with van der Waals surface area (Å²) in [7, 11) is 0. The molecule has 2 rings (SSSR count). The molecule has 0 atom stereocenters. The van der Waals surface area contributed by atoms with E-state index in [9.17, 15) is 4.79 Å². The Labute approximate surface area is 125 Å². The molecular formula is C16H13BrO3. The first-order valence-corrected chi connectivity index (χ1v) is 6.83. The maximum Gasteiger partial charge on any atom is 0.335 e. The molecule has 0 radical (unpaired) electrons. The minimum atomic E-state index is -0.957. The van der Waals surface area contributed by atoms with Crippen LogP contribution in [0.5, 0.6) is 5.75 Å². The van der Waals surface area contributed by atoms with Gasteiger partial charge in [0.1, 0.15) is 12.4 Å². The summed E-state index contributed by atoms with van der Waals surface area (Å²) in [6.07, 6.45) is 3.88. The molecule has 102 valence electrons. The lowest BCUT2D eigenvalue weighted by atomic mass is 10.2. The first-order chi connectivity index (χ1) is 9.66. The second-order valence-corrected chi connectivity index (χ2v) is 4.93. The molecule has 0 bridgehead atoms. The molecule has 2 aromatic carbocycles. The van der Waals surface area contributed by atoms with E-state index in [4.69, 9.17) is 9.84 Å². The Balaban J connectivity index is 1.94. The third-order valence-corrected chi connectivity index (χ3v) is 3.24. The molecule has 0 spiro atoms. The maximum absolute atomic E-state index is 10.8. The summed E-state index contributed by atoms with van der Waals surface area (Å²) in [6, 6.07) is 14.6. The van der Waals surface area contributed by atoms with E-state index in [2.05, 4.69) is 15.9 Å². The zero-order valence-electron chi connectivity index (χ0n) is 10.6. The molecule has 1 N–H and O–H groups in total. The maximum atomic E-state index is 10.8. The van der Waals surface area contributed by atoms with Crippen molar-refractivity contribution in [3.05, 3.63) is 70.2 Å². The van der Waals surface area contributed by atoms with Gasteiger partial charge in [-0.15, -0.1) is 0 Å². The van der Waals surface area contributed by atoms with E-state index in [-0.39, 0.29) is 5.56 Å². The van der Waals surface area contributed by atoms with E-state index in [0.29, 0.717) is 16.8 Å². The van der Waals surface area contributed by atoms with Gasteiger partial charge in [-0.1, -0.05) is 36.4 Å². The quantitative estimate of drug-likeness (QED) is 0.890. The van der Waals surface area contributed by atoms with Gasteiger partial charge in [-0.25, -0.2) is 4.79 Å². The summed E-state index contributed by atoms with van der Waals surface area (Å²) in [4.78, 5) is 10.8. The van der Waals surface area contributed by atoms with E-state index < -0.39 is 5.97 Å². The topological polar surface area (TPSA) is 46.5 Å². The second kappa shape index (κ2) is 6.91. The Morgan fingerprint density at radius 3 is 2.60 bits per heavy atom. The van der Waals surface area contributed by atoms with Gasteiger partial charge in [0.05, 0.1) is 10.0 Å². The molecule has 0 unspecified atom stereocenters. The van der Waals surface area contributed by atoms with Crippen molar-refractivity contribution in [2.45, 2.75) is 0 Å². The Morgan fingerprint density at radius 2 is 1.95 bits per heavy atom. The van der Waals surface area contributed by atoms with Gasteiger partial charge in [-0.05, 0) is 45.8 Å². The van der Waals surface area contributed by atoms with Gasteiger partial charge in [0.2, 0.25) is 0 Å². The summed E-state index contributed by atoms with van der Waals surface area (Å²) >= 11 is 3.30. The van der Waals surface area contributed by atoms with Crippen LogP contribution in [0.15, 0.2) is 59.1 Å². The number of hydrogen-bond donors (Lipinski definition) is 1. The largest absolute Gasteiger partial charge is 0.488 e. The van der Waals surface area contributed by atoms with Crippen LogP contribution >= 0.6 is 15.9 Å². The zero-order valence-corrected chi connectivity index (χ0v) is 12.2. The molecule has 2 aromatic rings. The number of rotatable bonds is 5. The smallest absolute Gasteiger partial charge is 0.335 e. The van der Waals surface area contributed by atoms with Crippen molar-refractivity contribution in [1.82, 2.24) is 0 Å². The van der Waals surface area contributed by atoms with Gasteiger partial charge in [0.15, 0.2) is 0 Å². The number of hydrogen-bond acceptors (Lipinski definition) is 2. The molecule has 0 heterocycles. The molecule has 0 aromatic heterocycles. The summed E-state index contributed by atoms with van der Waals surface area (Å²) in [5.74, 6) is -0.339. The Hall–Kier alpha value is -2.07. The second-order valence-electron chi connectivity index (χ2n) is 4.07. The van der Waals surface area contributed by atoms with Crippen LogP contribution in [-0.4, -0.2) is 17.7 Å². The molecule has 20 heavy (non-hydrogen) atoms. The van der Waals surface area contributed by atoms with Crippen molar-refractivity contribution < 1.29 is 14.6 Å². The van der Waals surface area contributed by atoms with E-state index in [1.54, 1.807) is 6.07 Å². The molecular weight excluding hydrogens is 320 g/mol. The van der Waals surface area contributed by atoms with Crippen LogP contribution in [0.4, 0.5) is 0 Å². The highest BCUT2D eigenvalue weighted by Gasteiger charge is 2.06. The van der Waals surface area contributed by atoms with Crippen LogP contribution in [0.25, 0.3) is 6.08 Å². The lowest BCUT2D eigenvalue weighted by molar-refractivity contribution is 0.0697. The van der Waals surface area contributed by atoms with Crippen LogP contribution in [0.1, 0.15) is 15.9 Å². The van der Waals surface area contributed by atoms with Crippen molar-refractivity contribution in [3.8, 4) is 5.75 Å². The fourth-order valence-corrected chi connectivity index (χ4v) is 2.13. The number of carboxylic acid groups (broad SMARTS) is 1. The van der Waals surface area contributed by atoms with Crippen molar-refractivity contribution in [2.75, 3.05) is 6.61 Å². The van der Waals surface area contributed by atoms with E-state index >= 15 is 0 Å². The monoisotopic (exact) mass is 332 g/mol. The normalized spacial score (nSPS) is 10.7. The number of carbonyl (C=O) groups is 1. The Morgan fingerprint density at radius 1 is 1.20 bits per heavy atom. The van der Waals surface area contributed by atoms with Crippen molar-refractivity contribution in [1.29, 1.82) is 0 Å². The lowest BCUT2D eigenvalue weighted by Crippen LogP contribution is -1.98. The molecule has 0 amide bonds. The summed E-state index contributed by atoms with van der Waals surface area (Å²) in [5.41, 5.74) is 1.33.